The van der Waals surface area contributed by atoms with Crippen molar-refractivity contribution in [1.29, 1.82) is 0 Å². The molecule has 0 aliphatic rings. The molecule has 0 aliphatic carbocycles. The van der Waals surface area contributed by atoms with Crippen molar-refractivity contribution < 1.29 is 4.79 Å². The number of hydrogen-bond donors (Lipinski definition) is 0. The van der Waals surface area contributed by atoms with E-state index in [9.17, 15) is 4.79 Å². The number of hydrogen-bond acceptors (Lipinski definition) is 1. The molecule has 16 heavy (non-hydrogen) atoms. The van der Waals surface area contributed by atoms with Gasteiger partial charge in [-0.05, 0) is 75.3 Å². The van der Waals surface area contributed by atoms with E-state index in [1.54, 1.807) is 0 Å². The van der Waals surface area contributed by atoms with Crippen LogP contribution in [0.25, 0.3) is 0 Å². The Bertz CT molecular complexity index is 449. The monoisotopic (exact) mass is 216 g/mol. The highest BCUT2D eigenvalue weighted by molar-refractivity contribution is 5.51. The van der Waals surface area contributed by atoms with Gasteiger partial charge < -0.3 is 0 Å². The van der Waals surface area contributed by atoms with E-state index in [4.69, 9.17) is 0 Å². The smallest absolute Gasteiger partial charge is 0.123 e. The van der Waals surface area contributed by atoms with Crippen molar-refractivity contribution in [2.24, 2.45) is 0 Å². The van der Waals surface area contributed by atoms with E-state index < -0.39 is 0 Å². The first kappa shape index (κ1) is 12.7. The molecular weight excluding hydrogens is 196 g/mol. The van der Waals surface area contributed by atoms with Crippen molar-refractivity contribution in [2.75, 3.05) is 0 Å². The summed E-state index contributed by atoms with van der Waals surface area (Å²) in [5.74, 6) is 1.96. The lowest BCUT2D eigenvalue weighted by atomic mass is 9.92. The fraction of sp³-hybridized carbons (Fsp3) is 0.467. The van der Waals surface area contributed by atoms with Gasteiger partial charge in [0.2, 0.25) is 0 Å². The summed E-state index contributed by atoms with van der Waals surface area (Å²) in [6.07, 6.45) is 1.75. The second-order valence-corrected chi connectivity index (χ2v) is 4.61. The molecule has 0 saturated heterocycles. The molecule has 0 N–H and O–H groups in total. The lowest BCUT2D eigenvalue weighted by Gasteiger charge is -2.14. The molecule has 0 fully saturated rings. The summed E-state index contributed by atoms with van der Waals surface area (Å²) in [6.45, 7) is 10.5. The van der Waals surface area contributed by atoms with E-state index in [1.807, 2.05) is 12.9 Å². The molecule has 0 atom stereocenters. The summed E-state index contributed by atoms with van der Waals surface area (Å²) < 4.78 is 0. The van der Waals surface area contributed by atoms with E-state index in [0.29, 0.717) is 0 Å². The van der Waals surface area contributed by atoms with E-state index in [2.05, 4.69) is 33.8 Å². The predicted octanol–water partition coefficient (Wildman–Crippen LogP) is 3.63. The Morgan fingerprint density at radius 3 is 2.31 bits per heavy atom. The summed E-state index contributed by atoms with van der Waals surface area (Å²) in [5, 5.41) is 0. The minimum absolute atomic E-state index is 0.801. The molecule has 1 aromatic rings. The summed E-state index contributed by atoms with van der Waals surface area (Å²) in [5.41, 5.74) is 7.62. The van der Waals surface area contributed by atoms with Crippen molar-refractivity contribution in [1.82, 2.24) is 0 Å². The average Bonchev–Trinajstić information content (AvgIpc) is 2.28. The third-order valence-electron chi connectivity index (χ3n) is 3.53. The maximum absolute atomic E-state index is 10.4. The highest BCUT2D eigenvalue weighted by atomic mass is 16.1. The largest absolute Gasteiger partial charge is 0.234 e. The summed E-state index contributed by atoms with van der Waals surface area (Å²) in [6, 6.07) is 2.25. The van der Waals surface area contributed by atoms with Crippen LogP contribution in [0.5, 0.6) is 0 Å². The van der Waals surface area contributed by atoms with Crippen LogP contribution in [0.2, 0.25) is 0 Å². The molecule has 0 radical (unpaired) electrons. The van der Waals surface area contributed by atoms with Crippen LogP contribution in [0.4, 0.5) is 0 Å². The molecule has 0 spiro atoms. The first-order valence-corrected chi connectivity index (χ1v) is 5.74. The van der Waals surface area contributed by atoms with Crippen LogP contribution < -0.4 is 0 Å². The van der Waals surface area contributed by atoms with Gasteiger partial charge in [0.05, 0.1) is 0 Å². The van der Waals surface area contributed by atoms with Crippen LogP contribution >= 0.6 is 0 Å². The van der Waals surface area contributed by atoms with Crippen molar-refractivity contribution in [2.45, 2.75) is 47.5 Å². The van der Waals surface area contributed by atoms with Crippen LogP contribution in [0, 0.1) is 27.7 Å². The van der Waals surface area contributed by atoms with Gasteiger partial charge in [-0.15, -0.1) is 0 Å². The SMILES string of the molecule is CC(=C=O)CCc1cc(C)c(C)c(C)c1C. The molecule has 0 unspecified atom stereocenters. The van der Waals surface area contributed by atoms with Gasteiger partial charge in [-0.3, -0.25) is 0 Å². The quantitative estimate of drug-likeness (QED) is 0.705. The fourth-order valence-corrected chi connectivity index (χ4v) is 1.93. The van der Waals surface area contributed by atoms with Gasteiger partial charge >= 0.3 is 0 Å². The van der Waals surface area contributed by atoms with Crippen LogP contribution in [0.3, 0.4) is 0 Å². The Labute approximate surface area is 98.2 Å². The fourth-order valence-electron chi connectivity index (χ4n) is 1.93. The first-order chi connectivity index (χ1) is 7.47. The van der Waals surface area contributed by atoms with Gasteiger partial charge in [0.1, 0.15) is 5.94 Å². The van der Waals surface area contributed by atoms with Crippen LogP contribution in [0.1, 0.15) is 41.2 Å². The molecule has 86 valence electrons. The minimum Gasteiger partial charge on any atom is -0.234 e. The van der Waals surface area contributed by atoms with E-state index in [0.717, 1.165) is 18.4 Å². The molecule has 1 heteroatoms. The number of carbonyl (C=O) groups excluding carboxylic acids is 1. The zero-order chi connectivity index (χ0) is 12.3. The highest BCUT2D eigenvalue weighted by Crippen LogP contribution is 2.22. The van der Waals surface area contributed by atoms with Crippen LogP contribution in [-0.4, -0.2) is 5.94 Å². The molecule has 0 aliphatic heterocycles. The summed E-state index contributed by atoms with van der Waals surface area (Å²) in [4.78, 5) is 10.4. The van der Waals surface area contributed by atoms with Crippen molar-refractivity contribution in [3.8, 4) is 0 Å². The Hall–Kier alpha value is -1.33. The minimum atomic E-state index is 0.801. The van der Waals surface area contributed by atoms with E-state index in [-0.39, 0.29) is 0 Å². The first-order valence-electron chi connectivity index (χ1n) is 5.74. The Kier molecular flexibility index (Phi) is 4.09. The lowest BCUT2D eigenvalue weighted by molar-refractivity contribution is 0.566. The molecule has 0 heterocycles. The normalized spacial score (nSPS) is 10.1. The predicted molar refractivity (Wildman–Crippen MR) is 68.6 cm³/mol. The molecule has 1 nitrogen and oxygen atoms in total. The lowest BCUT2D eigenvalue weighted by Crippen LogP contribution is -1.98. The topological polar surface area (TPSA) is 17.1 Å². The number of rotatable bonds is 3. The van der Waals surface area contributed by atoms with Gasteiger partial charge in [0.25, 0.3) is 0 Å². The van der Waals surface area contributed by atoms with Gasteiger partial charge in [-0.1, -0.05) is 6.07 Å². The molecule has 0 bridgehead atoms. The van der Waals surface area contributed by atoms with Crippen LogP contribution in [0.15, 0.2) is 11.6 Å². The van der Waals surface area contributed by atoms with Gasteiger partial charge in [0, 0.05) is 5.57 Å². The van der Waals surface area contributed by atoms with Crippen LogP contribution in [-0.2, 0) is 11.2 Å². The molecule has 1 rings (SSSR count). The van der Waals surface area contributed by atoms with E-state index in [1.165, 1.54) is 27.8 Å². The molecular formula is C15H20O. The molecule has 1 aromatic carbocycles. The Morgan fingerprint density at radius 1 is 1.12 bits per heavy atom. The molecule has 0 saturated carbocycles. The maximum atomic E-state index is 10.4. The average molecular weight is 216 g/mol. The second-order valence-electron chi connectivity index (χ2n) is 4.61. The number of benzene rings is 1. The highest BCUT2D eigenvalue weighted by Gasteiger charge is 2.07. The zero-order valence-corrected chi connectivity index (χ0v) is 10.9. The van der Waals surface area contributed by atoms with E-state index >= 15 is 0 Å². The third kappa shape index (κ3) is 2.62. The third-order valence-corrected chi connectivity index (χ3v) is 3.53. The maximum Gasteiger partial charge on any atom is 0.123 e. The number of allylic oxidation sites excluding steroid dienone is 1. The van der Waals surface area contributed by atoms with Gasteiger partial charge in [-0.25, -0.2) is 4.79 Å². The standard InChI is InChI=1S/C15H20O/c1-10(9-16)6-7-15-8-11(2)12(3)13(4)14(15)5/h8H,6-7H2,1-5H3. The Morgan fingerprint density at radius 2 is 1.75 bits per heavy atom. The molecule has 0 aromatic heterocycles. The van der Waals surface area contributed by atoms with Gasteiger partial charge in [-0.2, -0.15) is 0 Å². The van der Waals surface area contributed by atoms with Crippen molar-refractivity contribution in [3.63, 3.8) is 0 Å². The number of aryl methyl sites for hydroxylation is 2. The zero-order valence-electron chi connectivity index (χ0n) is 10.9. The van der Waals surface area contributed by atoms with Crippen molar-refractivity contribution in [3.05, 3.63) is 39.5 Å². The summed E-state index contributed by atoms with van der Waals surface area (Å²) in [7, 11) is 0. The Balaban J connectivity index is 3.02. The summed E-state index contributed by atoms with van der Waals surface area (Å²) >= 11 is 0. The van der Waals surface area contributed by atoms with Crippen molar-refractivity contribution >= 4 is 5.94 Å². The second kappa shape index (κ2) is 5.14. The van der Waals surface area contributed by atoms with Gasteiger partial charge in [0.15, 0.2) is 0 Å². The molecule has 0 amide bonds.